The molecule has 268 valence electrons. The van der Waals surface area contributed by atoms with Crippen molar-refractivity contribution in [3.05, 3.63) is 48.7 Å². The number of hydrogen-bond donors (Lipinski definition) is 0. The molecule has 1 aliphatic heterocycles. The van der Waals surface area contributed by atoms with Gasteiger partial charge in [0.15, 0.2) is 0 Å². The Hall–Kier alpha value is -3.83. The summed E-state index contributed by atoms with van der Waals surface area (Å²) in [7, 11) is 0. The molecule has 0 bridgehead atoms. The van der Waals surface area contributed by atoms with Gasteiger partial charge in [-0.1, -0.05) is 84.0 Å². The van der Waals surface area contributed by atoms with Gasteiger partial charge in [-0.05, 0) is 47.5 Å². The molecule has 0 aliphatic carbocycles. The molecule has 1 aromatic rings. The van der Waals surface area contributed by atoms with E-state index >= 15 is 0 Å². The van der Waals surface area contributed by atoms with Crippen LogP contribution in [0.4, 0.5) is 11.4 Å². The number of carbonyl (C=O) groups is 2. The van der Waals surface area contributed by atoms with Crippen molar-refractivity contribution >= 4 is 29.0 Å². The number of esters is 2. The number of allylic oxidation sites excluding steroid dienone is 1. The molecule has 0 saturated heterocycles. The van der Waals surface area contributed by atoms with Gasteiger partial charge >= 0.3 is 17.6 Å². The Balaban J connectivity index is 2.53. The van der Waals surface area contributed by atoms with Gasteiger partial charge in [0.2, 0.25) is 5.75 Å². The number of aliphatic imine (C=N–C) groups is 1. The van der Waals surface area contributed by atoms with Crippen LogP contribution < -0.4 is 4.74 Å². The summed E-state index contributed by atoms with van der Waals surface area (Å²) < 4.78 is 16.7. The minimum absolute atomic E-state index is 0.00509. The number of nitrogens with zero attached hydrogens (tertiary/aromatic N) is 3. The van der Waals surface area contributed by atoms with Crippen molar-refractivity contribution in [1.82, 2.24) is 0 Å². The highest BCUT2D eigenvalue weighted by atomic mass is 16.6. The van der Waals surface area contributed by atoms with Crippen LogP contribution >= 0.6 is 0 Å². The number of unbranched alkanes of at least 4 members (excludes halogenated alkanes) is 12. The number of nitro groups is 2. The zero-order valence-electron chi connectivity index (χ0n) is 29.8. The van der Waals surface area contributed by atoms with Crippen LogP contribution in [0.3, 0.4) is 0 Å². The highest BCUT2D eigenvalue weighted by Gasteiger charge is 2.47. The molecule has 1 aromatic carbocycles. The predicted octanol–water partition coefficient (Wildman–Crippen LogP) is 9.11. The summed E-state index contributed by atoms with van der Waals surface area (Å²) in [5.74, 6) is -4.10. The Morgan fingerprint density at radius 3 is 1.75 bits per heavy atom. The summed E-state index contributed by atoms with van der Waals surface area (Å²) in [6, 6.07) is 0.926. The maximum Gasteiger partial charge on any atom is 0.336 e. The van der Waals surface area contributed by atoms with Crippen LogP contribution in [0.2, 0.25) is 0 Å². The molecule has 0 saturated carbocycles. The number of hydrogen-bond acceptors (Lipinski definition) is 10. The molecular formula is C36H55N3O9. The molecule has 48 heavy (non-hydrogen) atoms. The fourth-order valence-corrected chi connectivity index (χ4v) is 6.56. The number of ether oxygens (including phenoxy) is 3. The van der Waals surface area contributed by atoms with Crippen LogP contribution in [-0.4, -0.2) is 47.3 Å². The topological polar surface area (TPSA) is 160 Å². The second-order valence-electron chi connectivity index (χ2n) is 12.3. The van der Waals surface area contributed by atoms with Crippen LogP contribution in [0.15, 0.2) is 22.3 Å². The zero-order chi connectivity index (χ0) is 35.6. The van der Waals surface area contributed by atoms with Gasteiger partial charge in [-0.2, -0.15) is 0 Å². The molecule has 0 N–H and O–H groups in total. The Morgan fingerprint density at radius 1 is 0.750 bits per heavy atom. The van der Waals surface area contributed by atoms with Gasteiger partial charge in [-0.3, -0.25) is 30.0 Å². The molecule has 0 amide bonds. The van der Waals surface area contributed by atoms with Crippen molar-refractivity contribution in [2.24, 2.45) is 10.9 Å². The molecule has 2 unspecified atom stereocenters. The SMILES string of the molecule is CCCCCCCCCCCCCCCc1c([N+](=O)[O-])cc([N+](=O)[O-])c(OCC)c1C1C(C(=O)OCC)=C(C)N=C(C)C1C(=O)OCC. The van der Waals surface area contributed by atoms with Crippen LogP contribution in [-0.2, 0) is 25.5 Å². The Kier molecular flexibility index (Phi) is 17.8. The maximum absolute atomic E-state index is 13.5. The lowest BCUT2D eigenvalue weighted by Crippen LogP contribution is -2.37. The van der Waals surface area contributed by atoms with E-state index in [9.17, 15) is 29.8 Å². The van der Waals surface area contributed by atoms with Crippen LogP contribution in [0, 0.1) is 26.1 Å². The monoisotopic (exact) mass is 673 g/mol. The van der Waals surface area contributed by atoms with Crippen molar-refractivity contribution in [3.8, 4) is 5.75 Å². The Labute approximate surface area is 285 Å². The quantitative estimate of drug-likeness (QED) is 0.0477. The van der Waals surface area contributed by atoms with Crippen molar-refractivity contribution in [2.75, 3.05) is 19.8 Å². The lowest BCUT2D eigenvalue weighted by Gasteiger charge is -2.33. The van der Waals surface area contributed by atoms with E-state index in [1.54, 1.807) is 34.6 Å². The highest BCUT2D eigenvalue weighted by molar-refractivity contribution is 6.07. The van der Waals surface area contributed by atoms with Gasteiger partial charge in [0.1, 0.15) is 5.92 Å². The van der Waals surface area contributed by atoms with Gasteiger partial charge in [-0.25, -0.2) is 4.79 Å². The van der Waals surface area contributed by atoms with E-state index < -0.39 is 45.0 Å². The minimum Gasteiger partial charge on any atom is -0.487 e. The summed E-state index contributed by atoms with van der Waals surface area (Å²) in [5.41, 5.74) is -0.262. The number of rotatable bonds is 23. The summed E-state index contributed by atoms with van der Waals surface area (Å²) in [6.07, 6.45) is 14.8. The van der Waals surface area contributed by atoms with Gasteiger partial charge in [0.25, 0.3) is 5.69 Å². The van der Waals surface area contributed by atoms with Gasteiger partial charge in [0.05, 0.1) is 41.3 Å². The lowest BCUT2D eigenvalue weighted by molar-refractivity contribution is -0.395. The van der Waals surface area contributed by atoms with Crippen molar-refractivity contribution in [3.63, 3.8) is 0 Å². The number of benzene rings is 1. The van der Waals surface area contributed by atoms with E-state index in [0.29, 0.717) is 12.1 Å². The third-order valence-electron chi connectivity index (χ3n) is 8.77. The summed E-state index contributed by atoms with van der Waals surface area (Å²) >= 11 is 0. The standard InChI is InChI=1S/C36H55N3O9/c1-7-11-12-13-14-15-16-17-18-19-20-21-22-23-27-28(38(42)43)24-29(39(44)45)34(46-8-2)32(27)33-30(35(40)47-9-3)25(5)37-26(6)31(33)36(41)48-10-4/h24,30,33H,7-23H2,1-6H3. The van der Waals surface area contributed by atoms with E-state index in [0.717, 1.165) is 31.7 Å². The second-order valence-corrected chi connectivity index (χ2v) is 12.3. The first kappa shape index (κ1) is 40.3. The molecule has 1 heterocycles. The third kappa shape index (κ3) is 11.1. The van der Waals surface area contributed by atoms with Gasteiger partial charge < -0.3 is 14.2 Å². The number of nitro benzene ring substituents is 2. The fraction of sp³-hybridized carbons (Fsp3) is 0.694. The molecule has 2 rings (SSSR count). The summed E-state index contributed by atoms with van der Waals surface area (Å²) in [6.45, 7) is 10.4. The molecule has 0 spiro atoms. The van der Waals surface area contributed by atoms with E-state index in [-0.39, 0.29) is 54.4 Å². The van der Waals surface area contributed by atoms with E-state index in [4.69, 9.17) is 14.2 Å². The smallest absolute Gasteiger partial charge is 0.336 e. The maximum atomic E-state index is 13.5. The van der Waals surface area contributed by atoms with Crippen molar-refractivity contribution < 1.29 is 33.6 Å². The first-order valence-corrected chi connectivity index (χ1v) is 17.8. The molecule has 0 radical (unpaired) electrons. The first-order chi connectivity index (χ1) is 23.0. The van der Waals surface area contributed by atoms with E-state index in [1.165, 1.54) is 51.4 Å². The molecule has 0 aromatic heterocycles. The molecule has 12 nitrogen and oxygen atoms in total. The minimum atomic E-state index is -1.22. The van der Waals surface area contributed by atoms with Crippen LogP contribution in [0.25, 0.3) is 0 Å². The molecule has 2 atom stereocenters. The second kappa shape index (κ2) is 21.2. The van der Waals surface area contributed by atoms with E-state index in [1.807, 2.05) is 0 Å². The fourth-order valence-electron chi connectivity index (χ4n) is 6.56. The van der Waals surface area contributed by atoms with E-state index in [2.05, 4.69) is 11.9 Å². The van der Waals surface area contributed by atoms with Gasteiger partial charge in [0, 0.05) is 28.5 Å². The van der Waals surface area contributed by atoms with Crippen molar-refractivity contribution in [2.45, 2.75) is 137 Å². The largest absolute Gasteiger partial charge is 0.487 e. The number of carbonyl (C=O) groups excluding carboxylic acids is 2. The molecule has 12 heteroatoms. The highest BCUT2D eigenvalue weighted by Crippen LogP contribution is 2.50. The molecular weight excluding hydrogens is 618 g/mol. The molecule has 0 fully saturated rings. The Bertz CT molecular complexity index is 1320. The first-order valence-electron chi connectivity index (χ1n) is 17.8. The lowest BCUT2D eigenvalue weighted by atomic mass is 9.72. The summed E-state index contributed by atoms with van der Waals surface area (Å²) in [4.78, 5) is 55.0. The van der Waals surface area contributed by atoms with Gasteiger partial charge in [-0.15, -0.1) is 0 Å². The molecule has 1 aliphatic rings. The predicted molar refractivity (Wildman–Crippen MR) is 186 cm³/mol. The van der Waals surface area contributed by atoms with Crippen LogP contribution in [0.5, 0.6) is 5.75 Å². The summed E-state index contributed by atoms with van der Waals surface area (Å²) in [5, 5.41) is 24.9. The van der Waals surface area contributed by atoms with Crippen molar-refractivity contribution in [1.29, 1.82) is 0 Å². The van der Waals surface area contributed by atoms with Crippen LogP contribution in [0.1, 0.15) is 142 Å². The zero-order valence-corrected chi connectivity index (χ0v) is 29.8. The third-order valence-corrected chi connectivity index (χ3v) is 8.77. The average molecular weight is 674 g/mol. The average Bonchev–Trinajstić information content (AvgIpc) is 3.02. The Morgan fingerprint density at radius 2 is 1.27 bits per heavy atom. The normalized spacial score (nSPS) is 16.0.